The molecule has 0 aliphatic carbocycles. The molecule has 6 nitrogen and oxygen atoms in total. The van der Waals surface area contributed by atoms with E-state index < -0.39 is 10.0 Å². The molecule has 0 amide bonds. The van der Waals surface area contributed by atoms with Gasteiger partial charge in [-0.05, 0) is 59.3 Å². The SMILES string of the molecule is COc1ccc2cc(CN(Cc3cccs3)S(=O)(=O)c3ccc(Cl)cc3)c(=O)[nH]c2c1. The fourth-order valence-electron chi connectivity index (χ4n) is 3.22. The van der Waals surface area contributed by atoms with Crippen LogP contribution >= 0.6 is 22.9 Å². The highest BCUT2D eigenvalue weighted by Gasteiger charge is 2.26. The van der Waals surface area contributed by atoms with Crippen LogP contribution in [0.3, 0.4) is 0 Å². The molecule has 2 aromatic carbocycles. The average Bonchev–Trinajstić information content (AvgIpc) is 3.27. The number of halogens is 1. The molecule has 0 spiro atoms. The van der Waals surface area contributed by atoms with Crippen LogP contribution in [0.5, 0.6) is 5.75 Å². The molecule has 9 heteroatoms. The number of H-pyrrole nitrogens is 1. The van der Waals surface area contributed by atoms with Crippen LogP contribution < -0.4 is 10.3 Å². The van der Waals surface area contributed by atoms with Gasteiger partial charge < -0.3 is 9.72 Å². The third-order valence-corrected chi connectivity index (χ3v) is 7.76. The number of hydrogen-bond acceptors (Lipinski definition) is 5. The third kappa shape index (κ3) is 4.67. The lowest BCUT2D eigenvalue weighted by atomic mass is 10.1. The number of fused-ring (bicyclic) bond motifs is 1. The average molecular weight is 475 g/mol. The summed E-state index contributed by atoms with van der Waals surface area (Å²) >= 11 is 7.38. The smallest absolute Gasteiger partial charge is 0.252 e. The van der Waals surface area contributed by atoms with Gasteiger partial charge >= 0.3 is 0 Å². The molecule has 160 valence electrons. The number of pyridine rings is 1. The number of nitrogens with one attached hydrogen (secondary N) is 1. The van der Waals surface area contributed by atoms with E-state index in [2.05, 4.69) is 4.98 Å². The molecule has 2 aromatic heterocycles. The normalized spacial score (nSPS) is 11.8. The first-order valence-corrected chi connectivity index (χ1v) is 12.0. The highest BCUT2D eigenvalue weighted by atomic mass is 35.5. The monoisotopic (exact) mass is 474 g/mol. The lowest BCUT2D eigenvalue weighted by Crippen LogP contribution is -2.32. The Hall–Kier alpha value is -2.65. The number of methoxy groups -OCH3 is 1. The molecule has 4 aromatic rings. The minimum atomic E-state index is -3.86. The minimum absolute atomic E-state index is 0.0693. The van der Waals surface area contributed by atoms with Gasteiger partial charge in [0.25, 0.3) is 5.56 Å². The van der Waals surface area contributed by atoms with Gasteiger partial charge in [0.2, 0.25) is 10.0 Å². The number of benzene rings is 2. The lowest BCUT2D eigenvalue weighted by Gasteiger charge is -2.22. The van der Waals surface area contributed by atoms with E-state index in [4.69, 9.17) is 16.3 Å². The number of ether oxygens (including phenoxy) is 1. The first-order valence-electron chi connectivity index (χ1n) is 9.35. The highest BCUT2D eigenvalue weighted by molar-refractivity contribution is 7.89. The maximum atomic E-state index is 13.4. The Labute approximate surface area is 188 Å². The molecule has 0 aliphatic heterocycles. The van der Waals surface area contributed by atoms with Crippen LogP contribution in [0.1, 0.15) is 10.4 Å². The summed E-state index contributed by atoms with van der Waals surface area (Å²) in [7, 11) is -2.31. The van der Waals surface area contributed by atoms with Crippen molar-refractivity contribution in [3.05, 3.63) is 91.9 Å². The third-order valence-electron chi connectivity index (χ3n) is 4.84. The van der Waals surface area contributed by atoms with Crippen molar-refractivity contribution in [2.75, 3.05) is 7.11 Å². The maximum absolute atomic E-state index is 13.4. The summed E-state index contributed by atoms with van der Waals surface area (Å²) in [5.74, 6) is 0.625. The molecule has 0 radical (unpaired) electrons. The van der Waals surface area contributed by atoms with Crippen molar-refractivity contribution in [2.45, 2.75) is 18.0 Å². The predicted octanol–water partition coefficient (Wildman–Crippen LogP) is 4.64. The number of thiophene rings is 1. The molecule has 0 fully saturated rings. The number of aromatic amines is 1. The number of hydrogen-bond donors (Lipinski definition) is 1. The number of rotatable bonds is 7. The molecule has 2 heterocycles. The minimum Gasteiger partial charge on any atom is -0.497 e. The summed E-state index contributed by atoms with van der Waals surface area (Å²) in [6.45, 7) is 0.0862. The molecule has 0 saturated carbocycles. The van der Waals surface area contributed by atoms with E-state index >= 15 is 0 Å². The topological polar surface area (TPSA) is 79.5 Å². The summed E-state index contributed by atoms with van der Waals surface area (Å²) in [5, 5.41) is 3.12. The van der Waals surface area contributed by atoms with Crippen molar-refractivity contribution in [1.29, 1.82) is 0 Å². The summed E-state index contributed by atoms with van der Waals surface area (Å²) in [6.07, 6.45) is 0. The van der Waals surface area contributed by atoms with Gasteiger partial charge in [-0.25, -0.2) is 8.42 Å². The predicted molar refractivity (Wildman–Crippen MR) is 123 cm³/mol. The zero-order chi connectivity index (χ0) is 22.0. The Bertz CT molecular complexity index is 1370. The van der Waals surface area contributed by atoms with Crippen molar-refractivity contribution in [3.8, 4) is 5.75 Å². The molecule has 0 atom stereocenters. The fourth-order valence-corrected chi connectivity index (χ4v) is 5.54. The quantitative estimate of drug-likeness (QED) is 0.423. The Kier molecular flexibility index (Phi) is 6.15. The van der Waals surface area contributed by atoms with Gasteiger partial charge in [-0.2, -0.15) is 4.31 Å². The van der Waals surface area contributed by atoms with Crippen LogP contribution in [0.25, 0.3) is 10.9 Å². The van der Waals surface area contributed by atoms with E-state index in [0.29, 0.717) is 21.9 Å². The Morgan fingerprint density at radius 2 is 1.84 bits per heavy atom. The molecule has 31 heavy (non-hydrogen) atoms. The van der Waals surface area contributed by atoms with Crippen LogP contribution in [0.15, 0.2) is 75.7 Å². The molecule has 4 rings (SSSR count). The van der Waals surface area contributed by atoms with Gasteiger partial charge in [0.05, 0.1) is 17.5 Å². The van der Waals surface area contributed by atoms with Gasteiger partial charge in [0, 0.05) is 34.6 Å². The van der Waals surface area contributed by atoms with Gasteiger partial charge in [0.15, 0.2) is 0 Å². The van der Waals surface area contributed by atoms with Gasteiger partial charge in [-0.15, -0.1) is 11.3 Å². The largest absolute Gasteiger partial charge is 0.497 e. The Morgan fingerprint density at radius 3 is 2.52 bits per heavy atom. The van der Waals surface area contributed by atoms with Crippen molar-refractivity contribution in [2.24, 2.45) is 0 Å². The molecule has 0 aliphatic rings. The second-order valence-electron chi connectivity index (χ2n) is 6.88. The maximum Gasteiger partial charge on any atom is 0.252 e. The van der Waals surface area contributed by atoms with Crippen LogP contribution in [0.2, 0.25) is 5.02 Å². The summed E-state index contributed by atoms with van der Waals surface area (Å²) in [6, 6.07) is 16.8. The summed E-state index contributed by atoms with van der Waals surface area (Å²) < 4.78 is 33.3. The Balaban J connectivity index is 1.75. The molecule has 0 unspecified atom stereocenters. The number of sulfonamides is 1. The molecule has 0 bridgehead atoms. The number of nitrogens with zero attached hydrogens (tertiary/aromatic N) is 1. The van der Waals surface area contributed by atoms with Gasteiger partial charge in [-0.1, -0.05) is 17.7 Å². The van der Waals surface area contributed by atoms with Gasteiger partial charge in [0.1, 0.15) is 5.75 Å². The van der Waals surface area contributed by atoms with Gasteiger partial charge in [-0.3, -0.25) is 4.79 Å². The highest BCUT2D eigenvalue weighted by Crippen LogP contribution is 2.25. The van der Waals surface area contributed by atoms with Crippen LogP contribution in [0.4, 0.5) is 0 Å². The fraction of sp³-hybridized carbons (Fsp3) is 0.136. The molecule has 0 saturated heterocycles. The second kappa shape index (κ2) is 8.84. The first-order chi connectivity index (χ1) is 14.9. The first kappa shape index (κ1) is 21.6. The second-order valence-corrected chi connectivity index (χ2v) is 10.3. The Morgan fingerprint density at radius 1 is 1.06 bits per heavy atom. The van der Waals surface area contributed by atoms with E-state index in [1.807, 2.05) is 23.6 Å². The molecular formula is C22H19ClN2O4S2. The van der Waals surface area contributed by atoms with Crippen molar-refractivity contribution in [1.82, 2.24) is 9.29 Å². The van der Waals surface area contributed by atoms with E-state index in [0.717, 1.165) is 10.3 Å². The van der Waals surface area contributed by atoms with Crippen molar-refractivity contribution >= 4 is 43.9 Å². The van der Waals surface area contributed by atoms with E-state index in [1.54, 1.807) is 25.3 Å². The zero-order valence-electron chi connectivity index (χ0n) is 16.5. The standard InChI is InChI=1S/C22H19ClN2O4S2/c1-29-18-7-4-15-11-16(22(26)24-21(15)12-18)13-25(14-19-3-2-10-30-19)31(27,28)20-8-5-17(23)6-9-20/h2-12H,13-14H2,1H3,(H,24,26). The van der Waals surface area contributed by atoms with Crippen molar-refractivity contribution < 1.29 is 13.2 Å². The van der Waals surface area contributed by atoms with E-state index in [9.17, 15) is 13.2 Å². The summed E-state index contributed by atoms with van der Waals surface area (Å²) in [5.41, 5.74) is 0.633. The van der Waals surface area contributed by atoms with Crippen LogP contribution in [-0.4, -0.2) is 24.8 Å². The molecule has 1 N–H and O–H groups in total. The summed E-state index contributed by atoms with van der Waals surface area (Å²) in [4.78, 5) is 16.6. The van der Waals surface area contributed by atoms with Crippen LogP contribution in [0, 0.1) is 0 Å². The zero-order valence-corrected chi connectivity index (χ0v) is 18.9. The molecular weight excluding hydrogens is 456 g/mol. The van der Waals surface area contributed by atoms with Crippen LogP contribution in [-0.2, 0) is 23.1 Å². The number of aromatic nitrogens is 1. The van der Waals surface area contributed by atoms with Crippen molar-refractivity contribution in [3.63, 3.8) is 0 Å². The lowest BCUT2D eigenvalue weighted by molar-refractivity contribution is 0.402. The van der Waals surface area contributed by atoms with E-state index in [1.165, 1.54) is 39.9 Å². The van der Waals surface area contributed by atoms with E-state index in [-0.39, 0.29) is 23.5 Å².